The molecule has 2 unspecified atom stereocenters. The van der Waals surface area contributed by atoms with E-state index in [0.29, 0.717) is 0 Å². The van der Waals surface area contributed by atoms with E-state index in [9.17, 15) is 19.2 Å². The molecule has 6 nitrogen and oxygen atoms in total. The first kappa shape index (κ1) is 9.82. The van der Waals surface area contributed by atoms with Crippen molar-refractivity contribution in [3.63, 3.8) is 0 Å². The highest BCUT2D eigenvalue weighted by Gasteiger charge is 2.66. The summed E-state index contributed by atoms with van der Waals surface area (Å²) in [5.41, 5.74) is -1.53. The molecule has 2 rings (SSSR count). The molecule has 2 fully saturated rings. The number of carbonyl (C=O) groups excluding carboxylic acids is 4. The van der Waals surface area contributed by atoms with Crippen LogP contribution in [0.25, 0.3) is 0 Å². The first-order valence-electron chi connectivity index (χ1n) is 4.63. The van der Waals surface area contributed by atoms with Crippen LogP contribution in [-0.4, -0.2) is 23.6 Å². The van der Waals surface area contributed by atoms with Gasteiger partial charge in [-0.1, -0.05) is 13.8 Å². The van der Waals surface area contributed by atoms with Crippen LogP contribution in [0.15, 0.2) is 0 Å². The largest absolute Gasteiger partial charge is 0.295 e. The van der Waals surface area contributed by atoms with Crippen LogP contribution in [-0.2, 0) is 19.2 Å². The van der Waals surface area contributed by atoms with E-state index in [4.69, 9.17) is 0 Å². The normalized spacial score (nSPS) is 39.9. The van der Waals surface area contributed by atoms with Gasteiger partial charge in [0.1, 0.15) is 0 Å². The molecule has 4 amide bonds. The molecular weight excluding hydrogens is 200 g/mol. The number of imide groups is 2. The number of carbonyl (C=O) groups is 4. The molecule has 2 saturated heterocycles. The first-order valence-corrected chi connectivity index (χ1v) is 4.63. The molecule has 0 aromatic carbocycles. The fourth-order valence-electron chi connectivity index (χ4n) is 2.33. The van der Waals surface area contributed by atoms with Gasteiger partial charge in [-0.15, -0.1) is 0 Å². The zero-order valence-corrected chi connectivity index (χ0v) is 8.29. The predicted molar refractivity (Wildman–Crippen MR) is 47.1 cm³/mol. The van der Waals surface area contributed by atoms with Gasteiger partial charge in [0.15, 0.2) is 5.41 Å². The minimum absolute atomic E-state index is 0.503. The molecule has 2 N–H and O–H groups in total. The van der Waals surface area contributed by atoms with Crippen molar-refractivity contribution in [3.8, 4) is 0 Å². The molecule has 0 radical (unpaired) electrons. The molecule has 1 spiro atoms. The van der Waals surface area contributed by atoms with Crippen LogP contribution in [0.1, 0.15) is 13.8 Å². The van der Waals surface area contributed by atoms with Crippen molar-refractivity contribution in [2.75, 3.05) is 0 Å². The van der Waals surface area contributed by atoms with E-state index in [-0.39, 0.29) is 0 Å². The molecule has 0 saturated carbocycles. The summed E-state index contributed by atoms with van der Waals surface area (Å²) in [5, 5.41) is 4.18. The van der Waals surface area contributed by atoms with Crippen LogP contribution < -0.4 is 10.6 Å². The summed E-state index contributed by atoms with van der Waals surface area (Å²) in [4.78, 5) is 45.9. The van der Waals surface area contributed by atoms with Gasteiger partial charge in [-0.25, -0.2) is 0 Å². The van der Waals surface area contributed by atoms with Crippen LogP contribution in [0.2, 0.25) is 0 Å². The predicted octanol–water partition coefficient (Wildman–Crippen LogP) is -1.44. The highest BCUT2D eigenvalue weighted by Crippen LogP contribution is 2.43. The molecule has 3 atom stereocenters. The van der Waals surface area contributed by atoms with Crippen LogP contribution in [0.4, 0.5) is 0 Å². The second-order valence-corrected chi connectivity index (χ2v) is 3.95. The highest BCUT2D eigenvalue weighted by atomic mass is 16.2. The van der Waals surface area contributed by atoms with E-state index >= 15 is 0 Å². The summed E-state index contributed by atoms with van der Waals surface area (Å²) in [6, 6.07) is 0. The van der Waals surface area contributed by atoms with Crippen molar-refractivity contribution in [1.82, 2.24) is 10.6 Å². The van der Waals surface area contributed by atoms with Gasteiger partial charge < -0.3 is 0 Å². The lowest BCUT2D eigenvalue weighted by Crippen LogP contribution is -2.44. The second-order valence-electron chi connectivity index (χ2n) is 3.95. The Hall–Kier alpha value is -1.72. The molecule has 2 heterocycles. The maximum absolute atomic E-state index is 11.6. The molecule has 0 aromatic heterocycles. The summed E-state index contributed by atoms with van der Waals surface area (Å²) in [7, 11) is 0. The van der Waals surface area contributed by atoms with Crippen LogP contribution in [0, 0.1) is 17.3 Å². The number of amides is 4. The van der Waals surface area contributed by atoms with Gasteiger partial charge in [0, 0.05) is 0 Å². The Balaban J connectivity index is 2.58. The smallest absolute Gasteiger partial charge is 0.243 e. The molecule has 0 aliphatic carbocycles. The fraction of sp³-hybridized carbons (Fsp3) is 0.556. The van der Waals surface area contributed by atoms with Gasteiger partial charge in [0.2, 0.25) is 23.6 Å². The van der Waals surface area contributed by atoms with E-state index in [1.54, 1.807) is 0 Å². The molecular formula is C9H10N2O4. The molecule has 2 aliphatic heterocycles. The minimum atomic E-state index is -1.53. The summed E-state index contributed by atoms with van der Waals surface area (Å²) in [5.74, 6) is -3.95. The fourth-order valence-corrected chi connectivity index (χ4v) is 2.33. The van der Waals surface area contributed by atoms with Gasteiger partial charge in [-0.05, 0) is 0 Å². The average Bonchev–Trinajstić information content (AvgIpc) is 2.50. The minimum Gasteiger partial charge on any atom is -0.295 e. The lowest BCUT2D eigenvalue weighted by Gasteiger charge is -2.23. The zero-order chi connectivity index (χ0) is 11.4. The van der Waals surface area contributed by atoms with Crippen molar-refractivity contribution in [2.24, 2.45) is 17.3 Å². The highest BCUT2D eigenvalue weighted by molar-refractivity contribution is 6.25. The van der Waals surface area contributed by atoms with E-state index in [2.05, 4.69) is 10.6 Å². The SMILES string of the molecule is CC1C(=O)NC(=O)C12C(=O)NC(=O)[C@@H]2C. The van der Waals surface area contributed by atoms with Crippen molar-refractivity contribution < 1.29 is 19.2 Å². The van der Waals surface area contributed by atoms with Gasteiger partial charge in [-0.2, -0.15) is 0 Å². The molecule has 15 heavy (non-hydrogen) atoms. The van der Waals surface area contributed by atoms with Crippen molar-refractivity contribution in [1.29, 1.82) is 0 Å². The monoisotopic (exact) mass is 210 g/mol. The lowest BCUT2D eigenvalue weighted by molar-refractivity contribution is -0.143. The Morgan fingerprint density at radius 3 is 1.40 bits per heavy atom. The Labute approximate surface area is 85.4 Å². The third-order valence-electron chi connectivity index (χ3n) is 3.38. The molecule has 0 bridgehead atoms. The zero-order valence-electron chi connectivity index (χ0n) is 8.29. The molecule has 0 aromatic rings. The molecule has 2 aliphatic rings. The number of hydrogen-bond acceptors (Lipinski definition) is 4. The molecule has 80 valence electrons. The van der Waals surface area contributed by atoms with Gasteiger partial charge in [-0.3, -0.25) is 29.8 Å². The summed E-state index contributed by atoms with van der Waals surface area (Å²) in [6.07, 6.45) is 0. The van der Waals surface area contributed by atoms with Crippen molar-refractivity contribution in [3.05, 3.63) is 0 Å². The maximum Gasteiger partial charge on any atom is 0.243 e. The van der Waals surface area contributed by atoms with Crippen molar-refractivity contribution in [2.45, 2.75) is 13.8 Å². The topological polar surface area (TPSA) is 92.3 Å². The van der Waals surface area contributed by atoms with E-state index in [0.717, 1.165) is 0 Å². The molecule has 6 heteroatoms. The maximum atomic E-state index is 11.6. The Bertz CT molecular complexity index is 363. The lowest BCUT2D eigenvalue weighted by atomic mass is 9.70. The Kier molecular flexibility index (Phi) is 1.74. The Morgan fingerprint density at radius 1 is 0.867 bits per heavy atom. The average molecular weight is 210 g/mol. The van der Waals surface area contributed by atoms with Gasteiger partial charge >= 0.3 is 0 Å². The quantitative estimate of drug-likeness (QED) is 0.378. The number of rotatable bonds is 0. The van der Waals surface area contributed by atoms with E-state index in [1.807, 2.05) is 0 Å². The Morgan fingerprint density at radius 2 is 1.20 bits per heavy atom. The van der Waals surface area contributed by atoms with Crippen LogP contribution >= 0.6 is 0 Å². The van der Waals surface area contributed by atoms with Crippen molar-refractivity contribution >= 4 is 23.6 Å². The standard InChI is InChI=1S/C9H10N2O4/c1-3-5(12)10-7(14)9(3)4(2)6(13)11-8(9)15/h3-4H,1-2H3,(H,10,12,14)(H,11,13,15)/t3-,4?,9?/m0/s1. The second kappa shape index (κ2) is 2.65. The summed E-state index contributed by atoms with van der Waals surface area (Å²) >= 11 is 0. The van der Waals surface area contributed by atoms with Gasteiger partial charge in [0.05, 0.1) is 11.8 Å². The van der Waals surface area contributed by atoms with Crippen LogP contribution in [0.3, 0.4) is 0 Å². The number of hydrogen-bond donors (Lipinski definition) is 2. The van der Waals surface area contributed by atoms with E-state index < -0.39 is 40.9 Å². The summed E-state index contributed by atoms with van der Waals surface area (Å²) < 4.78 is 0. The third-order valence-corrected chi connectivity index (χ3v) is 3.38. The van der Waals surface area contributed by atoms with E-state index in [1.165, 1.54) is 13.8 Å². The first-order chi connectivity index (χ1) is 6.92. The van der Waals surface area contributed by atoms with Gasteiger partial charge in [0.25, 0.3) is 0 Å². The van der Waals surface area contributed by atoms with Crippen LogP contribution in [0.5, 0.6) is 0 Å². The third kappa shape index (κ3) is 0.886. The summed E-state index contributed by atoms with van der Waals surface area (Å²) in [6.45, 7) is 2.96. The number of nitrogens with one attached hydrogen (secondary N) is 2.